The first-order chi connectivity index (χ1) is 13.4. The van der Waals surface area contributed by atoms with E-state index in [2.05, 4.69) is 9.97 Å². The number of amides is 2. The van der Waals surface area contributed by atoms with Crippen LogP contribution in [0.1, 0.15) is 28.9 Å². The van der Waals surface area contributed by atoms with Crippen LogP contribution in [-0.2, 0) is 4.79 Å². The zero-order valence-corrected chi connectivity index (χ0v) is 15.2. The van der Waals surface area contributed by atoms with Crippen LogP contribution in [-0.4, -0.2) is 33.2 Å². The van der Waals surface area contributed by atoms with Gasteiger partial charge in [0.05, 0.1) is 12.4 Å². The molecule has 0 aliphatic rings. The number of benzene rings is 2. The number of halogens is 2. The highest BCUT2D eigenvalue weighted by Crippen LogP contribution is 2.24. The van der Waals surface area contributed by atoms with Crippen molar-refractivity contribution in [2.45, 2.75) is 13.0 Å². The van der Waals surface area contributed by atoms with Gasteiger partial charge >= 0.3 is 0 Å². The Labute approximate surface area is 161 Å². The Hall–Kier alpha value is -3.55. The van der Waals surface area contributed by atoms with Crippen LogP contribution < -0.4 is 5.73 Å². The van der Waals surface area contributed by atoms with E-state index in [9.17, 15) is 18.4 Å². The molecule has 1 atom stereocenters. The fourth-order valence-corrected chi connectivity index (χ4v) is 2.51. The first kappa shape index (κ1) is 20.8. The van der Waals surface area contributed by atoms with Gasteiger partial charge in [0.15, 0.2) is 0 Å². The highest BCUT2D eigenvalue weighted by Gasteiger charge is 2.25. The summed E-state index contributed by atoms with van der Waals surface area (Å²) >= 11 is 0. The van der Waals surface area contributed by atoms with E-state index in [1.54, 1.807) is 56.0 Å². The van der Waals surface area contributed by atoms with Gasteiger partial charge in [-0.15, -0.1) is 0 Å². The Kier molecular flexibility index (Phi) is 7.38. The van der Waals surface area contributed by atoms with Crippen molar-refractivity contribution in [2.75, 3.05) is 6.54 Å². The third-order valence-electron chi connectivity index (χ3n) is 3.85. The molecule has 0 radical (unpaired) electrons. The molecule has 1 unspecified atom stereocenters. The Morgan fingerprint density at radius 3 is 2.25 bits per heavy atom. The summed E-state index contributed by atoms with van der Waals surface area (Å²) < 4.78 is 26.8. The van der Waals surface area contributed by atoms with Gasteiger partial charge in [0.1, 0.15) is 18.2 Å². The SMILES string of the molecule is CC(c1cc(F)cc(F)c1)N(CC(N)=O)C(=O)c1ccccc1.c1c[nH]cn1. The van der Waals surface area contributed by atoms with Crippen LogP contribution in [0, 0.1) is 11.6 Å². The largest absolute Gasteiger partial charge is 0.368 e. The summed E-state index contributed by atoms with van der Waals surface area (Å²) in [4.78, 5) is 31.5. The summed E-state index contributed by atoms with van der Waals surface area (Å²) in [6, 6.07) is 10.6. The summed E-state index contributed by atoms with van der Waals surface area (Å²) in [5.74, 6) is -2.66. The summed E-state index contributed by atoms with van der Waals surface area (Å²) in [5, 5.41) is 0. The number of hydrogen-bond donors (Lipinski definition) is 2. The number of nitrogens with zero attached hydrogens (tertiary/aromatic N) is 2. The minimum atomic E-state index is -0.752. The number of hydrogen-bond acceptors (Lipinski definition) is 3. The Balaban J connectivity index is 0.000000485. The van der Waals surface area contributed by atoms with E-state index < -0.39 is 29.5 Å². The van der Waals surface area contributed by atoms with Gasteiger partial charge in [0, 0.05) is 24.0 Å². The molecule has 2 aromatic carbocycles. The highest BCUT2D eigenvalue weighted by molar-refractivity contribution is 5.96. The molecule has 146 valence electrons. The van der Waals surface area contributed by atoms with Gasteiger partial charge in [-0.2, -0.15) is 0 Å². The Morgan fingerprint density at radius 1 is 1.14 bits per heavy atom. The fourth-order valence-electron chi connectivity index (χ4n) is 2.51. The molecule has 6 nitrogen and oxygen atoms in total. The Morgan fingerprint density at radius 2 is 1.79 bits per heavy atom. The van der Waals surface area contributed by atoms with E-state index in [1.165, 1.54) is 4.90 Å². The number of carbonyl (C=O) groups excluding carboxylic acids is 2. The van der Waals surface area contributed by atoms with Crippen molar-refractivity contribution in [3.63, 3.8) is 0 Å². The van der Waals surface area contributed by atoms with Gasteiger partial charge in [0.25, 0.3) is 5.91 Å². The molecule has 1 aromatic heterocycles. The molecule has 1 heterocycles. The number of aromatic amines is 1. The average Bonchev–Trinajstić information content (AvgIpc) is 3.25. The molecule has 3 rings (SSSR count). The molecular formula is C20H20F2N4O2. The first-order valence-electron chi connectivity index (χ1n) is 8.41. The monoisotopic (exact) mass is 386 g/mol. The van der Waals surface area contributed by atoms with Gasteiger partial charge in [-0.1, -0.05) is 18.2 Å². The molecule has 3 N–H and O–H groups in total. The molecule has 0 aliphatic carbocycles. The number of H-pyrrole nitrogens is 1. The number of nitrogens with one attached hydrogen (secondary N) is 1. The van der Waals surface area contributed by atoms with Crippen molar-refractivity contribution in [3.05, 3.63) is 90.0 Å². The van der Waals surface area contributed by atoms with Crippen LogP contribution >= 0.6 is 0 Å². The molecule has 3 aromatic rings. The zero-order chi connectivity index (χ0) is 20.5. The second-order valence-corrected chi connectivity index (χ2v) is 5.90. The maximum absolute atomic E-state index is 13.4. The van der Waals surface area contributed by atoms with Gasteiger partial charge in [-0.3, -0.25) is 9.59 Å². The second kappa shape index (κ2) is 9.96. The van der Waals surface area contributed by atoms with Crippen LogP contribution in [0.4, 0.5) is 8.78 Å². The number of primary amides is 1. The third kappa shape index (κ3) is 6.01. The lowest BCUT2D eigenvalue weighted by Crippen LogP contribution is -2.40. The van der Waals surface area contributed by atoms with Crippen LogP contribution in [0.3, 0.4) is 0 Å². The van der Waals surface area contributed by atoms with E-state index in [4.69, 9.17) is 5.73 Å². The summed E-state index contributed by atoms with van der Waals surface area (Å²) in [6.45, 7) is 1.23. The lowest BCUT2D eigenvalue weighted by molar-refractivity contribution is -0.119. The molecule has 2 amide bonds. The molecule has 0 spiro atoms. The molecular weight excluding hydrogens is 366 g/mol. The van der Waals surface area contributed by atoms with Crippen molar-refractivity contribution in [1.82, 2.24) is 14.9 Å². The molecule has 8 heteroatoms. The lowest BCUT2D eigenvalue weighted by atomic mass is 10.0. The first-order valence-corrected chi connectivity index (χ1v) is 8.41. The van der Waals surface area contributed by atoms with Crippen LogP contribution in [0.25, 0.3) is 0 Å². The van der Waals surface area contributed by atoms with Crippen molar-refractivity contribution < 1.29 is 18.4 Å². The van der Waals surface area contributed by atoms with Crippen molar-refractivity contribution in [1.29, 1.82) is 0 Å². The van der Waals surface area contributed by atoms with E-state index in [1.807, 2.05) is 0 Å². The van der Waals surface area contributed by atoms with Gasteiger partial charge < -0.3 is 15.6 Å². The quantitative estimate of drug-likeness (QED) is 0.706. The van der Waals surface area contributed by atoms with Gasteiger partial charge in [0.2, 0.25) is 5.91 Å². The summed E-state index contributed by atoms with van der Waals surface area (Å²) in [6.07, 6.45) is 5.08. The predicted molar refractivity (Wildman–Crippen MR) is 100 cm³/mol. The fraction of sp³-hybridized carbons (Fsp3) is 0.150. The van der Waals surface area contributed by atoms with Crippen LogP contribution in [0.2, 0.25) is 0 Å². The molecule has 28 heavy (non-hydrogen) atoms. The van der Waals surface area contributed by atoms with Gasteiger partial charge in [-0.25, -0.2) is 13.8 Å². The number of aromatic nitrogens is 2. The molecule has 0 fully saturated rings. The molecule has 0 bridgehead atoms. The second-order valence-electron chi connectivity index (χ2n) is 5.90. The maximum Gasteiger partial charge on any atom is 0.254 e. The third-order valence-corrected chi connectivity index (χ3v) is 3.85. The van der Waals surface area contributed by atoms with Gasteiger partial charge in [-0.05, 0) is 36.8 Å². The topological polar surface area (TPSA) is 92.1 Å². The van der Waals surface area contributed by atoms with E-state index >= 15 is 0 Å². The molecule has 0 saturated carbocycles. The summed E-state index contributed by atoms with van der Waals surface area (Å²) in [7, 11) is 0. The van der Waals surface area contributed by atoms with Crippen molar-refractivity contribution in [2.24, 2.45) is 5.73 Å². The van der Waals surface area contributed by atoms with E-state index in [-0.39, 0.29) is 12.1 Å². The Bertz CT molecular complexity index is 864. The van der Waals surface area contributed by atoms with Crippen molar-refractivity contribution in [3.8, 4) is 0 Å². The van der Waals surface area contributed by atoms with Crippen LogP contribution in [0.15, 0.2) is 67.3 Å². The number of rotatable bonds is 5. The predicted octanol–water partition coefficient (Wildman–Crippen LogP) is 3.06. The minimum Gasteiger partial charge on any atom is -0.368 e. The van der Waals surface area contributed by atoms with Crippen molar-refractivity contribution >= 4 is 11.8 Å². The zero-order valence-electron chi connectivity index (χ0n) is 15.2. The van der Waals surface area contributed by atoms with E-state index in [0.29, 0.717) is 5.56 Å². The van der Waals surface area contributed by atoms with E-state index in [0.717, 1.165) is 18.2 Å². The standard InChI is InChI=1S/C17H16F2N2O2.C3H4N2/c1-11(13-7-14(18)9-15(19)8-13)21(10-16(20)22)17(23)12-5-3-2-4-6-12;1-2-5-3-4-1/h2-9,11H,10H2,1H3,(H2,20,22);1-3H,(H,4,5). The highest BCUT2D eigenvalue weighted by atomic mass is 19.1. The smallest absolute Gasteiger partial charge is 0.254 e. The normalized spacial score (nSPS) is 11.1. The number of nitrogens with two attached hydrogens (primary N) is 1. The molecule has 0 aliphatic heterocycles. The number of carbonyl (C=O) groups is 2. The lowest BCUT2D eigenvalue weighted by Gasteiger charge is -2.28. The number of imidazole rings is 1. The summed E-state index contributed by atoms with van der Waals surface area (Å²) in [5.41, 5.74) is 5.81. The minimum absolute atomic E-state index is 0.244. The average molecular weight is 386 g/mol. The maximum atomic E-state index is 13.4. The van der Waals surface area contributed by atoms with Crippen LogP contribution in [0.5, 0.6) is 0 Å². The molecule has 0 saturated heterocycles.